The third kappa shape index (κ3) is 4.55. The number of amides is 1. The van der Waals surface area contributed by atoms with Crippen LogP contribution in [0, 0.1) is 0 Å². The third-order valence-corrected chi connectivity index (χ3v) is 5.38. The van der Waals surface area contributed by atoms with Crippen LogP contribution in [0.15, 0.2) is 42.5 Å². The molecule has 0 saturated heterocycles. The van der Waals surface area contributed by atoms with Crippen molar-refractivity contribution in [3.8, 4) is 0 Å². The highest BCUT2D eigenvalue weighted by atomic mass is 16.5. The van der Waals surface area contributed by atoms with Gasteiger partial charge in [-0.05, 0) is 42.5 Å². The highest BCUT2D eigenvalue weighted by molar-refractivity contribution is 5.95. The first-order valence-corrected chi connectivity index (χ1v) is 10.6. The van der Waals surface area contributed by atoms with Crippen LogP contribution in [0.2, 0.25) is 0 Å². The first-order chi connectivity index (χ1) is 14.6. The summed E-state index contributed by atoms with van der Waals surface area (Å²) in [6.45, 7) is 4.66. The summed E-state index contributed by atoms with van der Waals surface area (Å²) in [5, 5.41) is 9.27. The molecule has 0 aliphatic heterocycles. The lowest BCUT2D eigenvalue weighted by molar-refractivity contribution is -0.120. The Bertz CT molecular complexity index is 974. The van der Waals surface area contributed by atoms with Gasteiger partial charge in [-0.2, -0.15) is 0 Å². The summed E-state index contributed by atoms with van der Waals surface area (Å²) in [7, 11) is 1.61. The molecule has 0 aliphatic rings. The Balaban J connectivity index is 2.01. The molecular weight excluding hydrogens is 378 g/mol. The SMILES string of the molecule is CCc1cccc(CC)c1N(COC)C(=O)Cn1c(CCCO)nc2ccccc21. The monoisotopic (exact) mass is 409 g/mol. The summed E-state index contributed by atoms with van der Waals surface area (Å²) in [6.07, 6.45) is 2.91. The number of rotatable bonds is 10. The minimum absolute atomic E-state index is 0.0409. The van der Waals surface area contributed by atoms with Gasteiger partial charge in [0.2, 0.25) is 5.91 Å². The largest absolute Gasteiger partial charge is 0.396 e. The lowest BCUT2D eigenvalue weighted by Gasteiger charge is -2.27. The number of carbonyl (C=O) groups is 1. The summed E-state index contributed by atoms with van der Waals surface area (Å²) < 4.78 is 7.40. The first-order valence-electron chi connectivity index (χ1n) is 10.6. The van der Waals surface area contributed by atoms with E-state index in [1.165, 1.54) is 0 Å². The zero-order valence-electron chi connectivity index (χ0n) is 18.1. The Morgan fingerprint density at radius 1 is 1.10 bits per heavy atom. The molecule has 1 aromatic heterocycles. The number of benzene rings is 2. The van der Waals surface area contributed by atoms with Gasteiger partial charge in [-0.1, -0.05) is 44.2 Å². The van der Waals surface area contributed by atoms with Gasteiger partial charge >= 0.3 is 0 Å². The van der Waals surface area contributed by atoms with Gasteiger partial charge in [0.1, 0.15) is 19.1 Å². The van der Waals surface area contributed by atoms with Crippen LogP contribution in [-0.2, 0) is 35.3 Å². The fraction of sp³-hybridized carbons (Fsp3) is 0.417. The number of carbonyl (C=O) groups excluding carboxylic acids is 1. The van der Waals surface area contributed by atoms with Crippen LogP contribution in [0.4, 0.5) is 5.69 Å². The van der Waals surface area contributed by atoms with Crippen LogP contribution in [0.3, 0.4) is 0 Å². The molecule has 3 rings (SSSR count). The number of para-hydroxylation sites is 3. The molecule has 1 heterocycles. The molecule has 6 nitrogen and oxygen atoms in total. The van der Waals surface area contributed by atoms with Crippen molar-refractivity contribution in [1.82, 2.24) is 9.55 Å². The van der Waals surface area contributed by atoms with E-state index in [-0.39, 0.29) is 25.8 Å². The topological polar surface area (TPSA) is 67.6 Å². The van der Waals surface area contributed by atoms with Crippen molar-refractivity contribution < 1.29 is 14.6 Å². The van der Waals surface area contributed by atoms with Crippen molar-refractivity contribution in [2.75, 3.05) is 25.3 Å². The lowest BCUT2D eigenvalue weighted by atomic mass is 10.0. The minimum Gasteiger partial charge on any atom is -0.396 e. The molecule has 30 heavy (non-hydrogen) atoms. The number of aryl methyl sites for hydroxylation is 3. The van der Waals surface area contributed by atoms with Crippen LogP contribution in [0.5, 0.6) is 0 Å². The normalized spacial score (nSPS) is 11.2. The molecular formula is C24H31N3O3. The molecule has 6 heteroatoms. The molecule has 1 amide bonds. The number of aliphatic hydroxyl groups excluding tert-OH is 1. The van der Waals surface area contributed by atoms with Crippen LogP contribution >= 0.6 is 0 Å². The zero-order valence-corrected chi connectivity index (χ0v) is 18.1. The Morgan fingerprint density at radius 3 is 2.43 bits per heavy atom. The van der Waals surface area contributed by atoms with Crippen molar-refractivity contribution in [1.29, 1.82) is 0 Å². The Labute approximate surface area is 178 Å². The molecule has 2 aromatic carbocycles. The van der Waals surface area contributed by atoms with E-state index in [0.29, 0.717) is 12.8 Å². The second kappa shape index (κ2) is 10.4. The van der Waals surface area contributed by atoms with E-state index in [9.17, 15) is 9.90 Å². The van der Waals surface area contributed by atoms with Crippen molar-refractivity contribution in [2.45, 2.75) is 46.1 Å². The highest BCUT2D eigenvalue weighted by Gasteiger charge is 2.23. The van der Waals surface area contributed by atoms with Crippen molar-refractivity contribution in [3.05, 3.63) is 59.4 Å². The molecule has 0 atom stereocenters. The lowest BCUT2D eigenvalue weighted by Crippen LogP contribution is -2.37. The Kier molecular flexibility index (Phi) is 7.60. The average Bonchev–Trinajstić information content (AvgIpc) is 3.12. The van der Waals surface area contributed by atoms with E-state index in [4.69, 9.17) is 9.72 Å². The summed E-state index contributed by atoms with van der Waals surface area (Å²) in [6, 6.07) is 14.0. The molecule has 0 spiro atoms. The van der Waals surface area contributed by atoms with E-state index < -0.39 is 0 Å². The van der Waals surface area contributed by atoms with E-state index >= 15 is 0 Å². The maximum atomic E-state index is 13.6. The maximum Gasteiger partial charge on any atom is 0.248 e. The maximum absolute atomic E-state index is 13.6. The highest BCUT2D eigenvalue weighted by Crippen LogP contribution is 2.28. The molecule has 0 bridgehead atoms. The number of imidazole rings is 1. The van der Waals surface area contributed by atoms with Crippen molar-refractivity contribution in [3.63, 3.8) is 0 Å². The van der Waals surface area contributed by atoms with Crippen molar-refractivity contribution in [2.24, 2.45) is 0 Å². The van der Waals surface area contributed by atoms with Crippen LogP contribution in [-0.4, -0.2) is 41.0 Å². The first kappa shape index (κ1) is 22.0. The predicted octanol–water partition coefficient (Wildman–Crippen LogP) is 3.72. The summed E-state index contributed by atoms with van der Waals surface area (Å²) in [4.78, 5) is 20.0. The molecule has 160 valence electrons. The third-order valence-electron chi connectivity index (χ3n) is 5.38. The van der Waals surface area contributed by atoms with Gasteiger partial charge in [0, 0.05) is 20.1 Å². The molecule has 0 radical (unpaired) electrons. The number of aliphatic hydroxyl groups is 1. The molecule has 1 N–H and O–H groups in total. The number of nitrogens with zero attached hydrogens (tertiary/aromatic N) is 3. The van der Waals surface area contributed by atoms with Crippen LogP contribution in [0.1, 0.15) is 37.2 Å². The standard InChI is InChI=1S/C24H31N3O3/c1-4-18-10-8-11-19(5-2)24(18)27(17-30-3)23(29)16-26-21-13-7-6-12-20(21)25-22(26)14-9-15-28/h6-8,10-13,28H,4-5,9,14-17H2,1-3H3. The van der Waals surface area contributed by atoms with Gasteiger partial charge in [0.15, 0.2) is 0 Å². The Morgan fingerprint density at radius 2 is 1.80 bits per heavy atom. The number of anilines is 1. The number of hydrogen-bond acceptors (Lipinski definition) is 4. The number of hydrogen-bond donors (Lipinski definition) is 1. The smallest absolute Gasteiger partial charge is 0.248 e. The number of fused-ring (bicyclic) bond motifs is 1. The van der Waals surface area contributed by atoms with E-state index in [2.05, 4.69) is 26.0 Å². The fourth-order valence-corrected chi connectivity index (χ4v) is 3.90. The summed E-state index contributed by atoms with van der Waals surface area (Å²) in [5.41, 5.74) is 5.01. The number of aromatic nitrogens is 2. The van der Waals surface area contributed by atoms with Crippen LogP contribution in [0.25, 0.3) is 11.0 Å². The Hall–Kier alpha value is -2.70. The van der Waals surface area contributed by atoms with E-state index in [0.717, 1.165) is 46.5 Å². The second-order valence-corrected chi connectivity index (χ2v) is 7.30. The quantitative estimate of drug-likeness (QED) is 0.518. The van der Waals surface area contributed by atoms with Crippen molar-refractivity contribution >= 4 is 22.6 Å². The molecule has 0 aliphatic carbocycles. The zero-order chi connectivity index (χ0) is 21.5. The van der Waals surface area contributed by atoms with Gasteiger partial charge in [-0.3, -0.25) is 9.69 Å². The van der Waals surface area contributed by atoms with E-state index in [1.54, 1.807) is 12.0 Å². The molecule has 0 fully saturated rings. The van der Waals surface area contributed by atoms with Crippen LogP contribution < -0.4 is 4.90 Å². The average molecular weight is 410 g/mol. The number of methoxy groups -OCH3 is 1. The van der Waals surface area contributed by atoms with E-state index in [1.807, 2.05) is 34.9 Å². The fourth-order valence-electron chi connectivity index (χ4n) is 3.90. The second-order valence-electron chi connectivity index (χ2n) is 7.30. The molecule has 0 saturated carbocycles. The molecule has 0 unspecified atom stereocenters. The van der Waals surface area contributed by atoms with Gasteiger partial charge < -0.3 is 14.4 Å². The number of ether oxygens (including phenoxy) is 1. The van der Waals surface area contributed by atoms with Gasteiger partial charge in [-0.15, -0.1) is 0 Å². The molecule has 3 aromatic rings. The van der Waals surface area contributed by atoms with Gasteiger partial charge in [0.05, 0.1) is 16.7 Å². The van der Waals surface area contributed by atoms with Gasteiger partial charge in [-0.25, -0.2) is 4.98 Å². The minimum atomic E-state index is -0.0409. The van der Waals surface area contributed by atoms with Gasteiger partial charge in [0.25, 0.3) is 0 Å². The predicted molar refractivity (Wildman–Crippen MR) is 120 cm³/mol. The summed E-state index contributed by atoms with van der Waals surface area (Å²) >= 11 is 0. The summed E-state index contributed by atoms with van der Waals surface area (Å²) in [5.74, 6) is 0.774.